The van der Waals surface area contributed by atoms with Crippen molar-refractivity contribution in [1.29, 1.82) is 0 Å². The summed E-state index contributed by atoms with van der Waals surface area (Å²) in [6.07, 6.45) is 6.10. The molecule has 1 aliphatic carbocycles. The van der Waals surface area contributed by atoms with E-state index in [-0.39, 0.29) is 0 Å². The van der Waals surface area contributed by atoms with Crippen LogP contribution in [0.3, 0.4) is 0 Å². The van der Waals surface area contributed by atoms with Crippen molar-refractivity contribution in [3.05, 3.63) is 127 Å². The molecule has 4 nitrogen and oxygen atoms in total. The Kier molecular flexibility index (Phi) is 4.80. The molecule has 4 aromatic heterocycles. The van der Waals surface area contributed by atoms with Crippen molar-refractivity contribution in [2.45, 2.75) is 12.8 Å². The molecule has 0 spiro atoms. The van der Waals surface area contributed by atoms with E-state index in [1.807, 2.05) is 17.4 Å². The van der Waals surface area contributed by atoms with Gasteiger partial charge in [-0.1, -0.05) is 72.8 Å². The van der Waals surface area contributed by atoms with Gasteiger partial charge in [0.05, 0.1) is 27.7 Å². The highest BCUT2D eigenvalue weighted by molar-refractivity contribution is 7.26. The van der Waals surface area contributed by atoms with Crippen molar-refractivity contribution < 1.29 is 8.83 Å². The highest BCUT2D eigenvalue weighted by Gasteiger charge is 2.24. The van der Waals surface area contributed by atoms with Gasteiger partial charge < -0.3 is 13.4 Å². The van der Waals surface area contributed by atoms with Crippen molar-refractivity contribution in [3.8, 4) is 17.1 Å². The Hall–Kier alpha value is -5.65. The molecule has 0 radical (unpaired) electrons. The van der Waals surface area contributed by atoms with Crippen LogP contribution in [-0.4, -0.2) is 9.55 Å². The largest absolute Gasteiger partial charge is 0.455 e. The molecule has 0 aliphatic heterocycles. The second-order valence-corrected chi connectivity index (χ2v) is 13.2. The zero-order valence-electron chi connectivity index (χ0n) is 24.6. The molecule has 0 bridgehead atoms. The first kappa shape index (κ1) is 24.6. The lowest BCUT2D eigenvalue weighted by Gasteiger charge is -2.14. The van der Waals surface area contributed by atoms with Gasteiger partial charge >= 0.3 is 0 Å². The minimum Gasteiger partial charge on any atom is -0.455 e. The number of aryl methyl sites for hydroxylation is 1. The average Bonchev–Trinajstić information content (AvgIpc) is 3.87. The zero-order valence-corrected chi connectivity index (χ0v) is 25.4. The number of furan rings is 1. The molecule has 0 N–H and O–H groups in total. The normalized spacial score (nSPS) is 13.4. The molecule has 0 saturated carbocycles. The number of thiophene rings is 1. The molecule has 216 valence electrons. The number of hydrogen-bond donors (Lipinski definition) is 0. The second kappa shape index (κ2) is 8.96. The van der Waals surface area contributed by atoms with Gasteiger partial charge in [0.2, 0.25) is 5.89 Å². The number of para-hydroxylation sites is 2. The molecular formula is C41H24N2O2S. The lowest BCUT2D eigenvalue weighted by Crippen LogP contribution is -1.98. The summed E-state index contributed by atoms with van der Waals surface area (Å²) >= 11 is 1.86. The van der Waals surface area contributed by atoms with Crippen molar-refractivity contribution >= 4 is 92.1 Å². The fourth-order valence-corrected chi connectivity index (χ4v) is 8.82. The standard InChI is InChI=1S/C41H24N2O2S/c1-5-13-32-28(11-1)38-33(20-19-26-24-9-2-6-14-35(24)44-39(26)38)43(32)34-22-29-23(17-18-27-25-10-3-8-16-37(25)46-40(27)29)21-30(34)41-42-31-12-4-7-15-36(31)45-41/h1-6,8-14,16-22H,7,15H2. The molecule has 0 unspecified atom stereocenters. The number of aromatic nitrogens is 2. The summed E-state index contributed by atoms with van der Waals surface area (Å²) in [6, 6.07) is 39.3. The fraction of sp³-hybridized carbons (Fsp3) is 0.0488. The van der Waals surface area contributed by atoms with Crippen LogP contribution in [0.15, 0.2) is 124 Å². The third-order valence-electron chi connectivity index (χ3n) is 9.67. The maximum Gasteiger partial charge on any atom is 0.229 e. The summed E-state index contributed by atoms with van der Waals surface area (Å²) in [5, 5.41) is 9.51. The van der Waals surface area contributed by atoms with Crippen LogP contribution in [-0.2, 0) is 6.42 Å². The number of allylic oxidation sites excluding steroid dienone is 1. The average molecular weight is 609 g/mol. The van der Waals surface area contributed by atoms with Crippen LogP contribution in [0.25, 0.3) is 97.9 Å². The van der Waals surface area contributed by atoms with Gasteiger partial charge in [0.25, 0.3) is 0 Å². The summed E-state index contributed by atoms with van der Waals surface area (Å²) in [7, 11) is 0. The quantitative estimate of drug-likeness (QED) is 0.196. The Morgan fingerprint density at radius 3 is 2.43 bits per heavy atom. The highest BCUT2D eigenvalue weighted by atomic mass is 32.1. The van der Waals surface area contributed by atoms with E-state index in [9.17, 15) is 0 Å². The predicted octanol–water partition coefficient (Wildman–Crippen LogP) is 11.8. The van der Waals surface area contributed by atoms with Crippen LogP contribution >= 0.6 is 11.3 Å². The van der Waals surface area contributed by atoms with Crippen LogP contribution in [0.2, 0.25) is 0 Å². The van der Waals surface area contributed by atoms with Gasteiger partial charge in [-0.25, -0.2) is 4.98 Å². The molecule has 11 rings (SSSR count). The number of nitrogens with zero attached hydrogens (tertiary/aromatic N) is 2. The van der Waals surface area contributed by atoms with Gasteiger partial charge in [0.15, 0.2) is 0 Å². The van der Waals surface area contributed by atoms with Crippen LogP contribution in [0, 0.1) is 0 Å². The smallest absolute Gasteiger partial charge is 0.229 e. The van der Waals surface area contributed by atoms with Gasteiger partial charge in [-0.2, -0.15) is 0 Å². The van der Waals surface area contributed by atoms with Crippen molar-refractivity contribution in [2.24, 2.45) is 0 Å². The first-order valence-corrected chi connectivity index (χ1v) is 16.5. The van der Waals surface area contributed by atoms with Crippen molar-refractivity contribution in [3.63, 3.8) is 0 Å². The minimum absolute atomic E-state index is 0.653. The zero-order chi connectivity index (χ0) is 29.9. The third-order valence-corrected chi connectivity index (χ3v) is 10.9. The summed E-state index contributed by atoms with van der Waals surface area (Å²) in [5.41, 5.74) is 6.97. The molecular weight excluding hydrogens is 585 g/mol. The lowest BCUT2D eigenvalue weighted by atomic mass is 10.0. The molecule has 5 heteroatoms. The van der Waals surface area contributed by atoms with Gasteiger partial charge in [-0.15, -0.1) is 11.3 Å². The molecule has 0 amide bonds. The molecule has 0 fully saturated rings. The molecule has 1 aliphatic rings. The van der Waals surface area contributed by atoms with E-state index in [4.69, 9.17) is 13.8 Å². The Bertz CT molecular complexity index is 2930. The van der Waals surface area contributed by atoms with Gasteiger partial charge in [0.1, 0.15) is 22.6 Å². The summed E-state index contributed by atoms with van der Waals surface area (Å²) in [6.45, 7) is 0. The minimum atomic E-state index is 0.653. The Morgan fingerprint density at radius 2 is 1.50 bits per heavy atom. The molecule has 0 saturated heterocycles. The highest BCUT2D eigenvalue weighted by Crippen LogP contribution is 2.45. The summed E-state index contributed by atoms with van der Waals surface area (Å²) in [4.78, 5) is 5.05. The number of fused-ring (bicyclic) bond motifs is 13. The van der Waals surface area contributed by atoms with Crippen molar-refractivity contribution in [2.75, 3.05) is 0 Å². The number of rotatable bonds is 2. The monoisotopic (exact) mass is 608 g/mol. The lowest BCUT2D eigenvalue weighted by molar-refractivity contribution is 0.516. The van der Waals surface area contributed by atoms with E-state index >= 15 is 0 Å². The SMILES string of the molecule is C1=Cc2nc(-c3cc4ccc5c6ccccc6sc5c4cc3-n3c4ccccc4c4c5oc6ccccc6c5ccc43)oc2CC1. The topological polar surface area (TPSA) is 44.1 Å². The summed E-state index contributed by atoms with van der Waals surface area (Å²) < 4.78 is 18.1. The van der Waals surface area contributed by atoms with Crippen LogP contribution < -0.4 is 0 Å². The van der Waals surface area contributed by atoms with Crippen LogP contribution in [0.1, 0.15) is 17.9 Å². The van der Waals surface area contributed by atoms with Gasteiger partial charge in [0, 0.05) is 48.1 Å². The third kappa shape index (κ3) is 3.25. The van der Waals surface area contributed by atoms with E-state index in [0.717, 1.165) is 79.3 Å². The molecule has 0 atom stereocenters. The van der Waals surface area contributed by atoms with Crippen LogP contribution in [0.5, 0.6) is 0 Å². The van der Waals surface area contributed by atoms with Gasteiger partial charge in [-0.3, -0.25) is 0 Å². The number of oxazole rings is 1. The predicted molar refractivity (Wildman–Crippen MR) is 191 cm³/mol. The Labute approximate surface area is 266 Å². The first-order chi connectivity index (χ1) is 22.8. The van der Waals surface area contributed by atoms with E-state index in [2.05, 4.69) is 120 Å². The Balaban J connectivity index is 1.31. The fourth-order valence-electron chi connectivity index (χ4n) is 7.59. The summed E-state index contributed by atoms with van der Waals surface area (Å²) in [5.74, 6) is 1.61. The molecule has 6 aromatic carbocycles. The number of benzene rings is 6. The molecule has 10 aromatic rings. The van der Waals surface area contributed by atoms with E-state index < -0.39 is 0 Å². The van der Waals surface area contributed by atoms with E-state index in [0.29, 0.717) is 5.89 Å². The second-order valence-electron chi connectivity index (χ2n) is 12.2. The maximum atomic E-state index is 6.60. The van der Waals surface area contributed by atoms with Crippen LogP contribution in [0.4, 0.5) is 0 Å². The van der Waals surface area contributed by atoms with E-state index in [1.54, 1.807) is 0 Å². The van der Waals surface area contributed by atoms with E-state index in [1.165, 1.54) is 30.9 Å². The van der Waals surface area contributed by atoms with Crippen molar-refractivity contribution in [1.82, 2.24) is 9.55 Å². The van der Waals surface area contributed by atoms with Gasteiger partial charge in [-0.05, 0) is 60.3 Å². The molecule has 46 heavy (non-hydrogen) atoms. The Morgan fingerprint density at radius 1 is 0.674 bits per heavy atom. The first-order valence-electron chi connectivity index (χ1n) is 15.7. The molecule has 4 heterocycles. The maximum absolute atomic E-state index is 6.60. The number of hydrogen-bond acceptors (Lipinski definition) is 4.